The minimum atomic E-state index is -0.289. The number of benzene rings is 5. The summed E-state index contributed by atoms with van der Waals surface area (Å²) in [6.07, 6.45) is 1.81. The van der Waals surface area contributed by atoms with Gasteiger partial charge in [0.1, 0.15) is 11.6 Å². The van der Waals surface area contributed by atoms with Crippen molar-refractivity contribution >= 4 is 11.0 Å². The van der Waals surface area contributed by atoms with E-state index >= 15 is 0 Å². The second kappa shape index (κ2) is 14.1. The van der Waals surface area contributed by atoms with Gasteiger partial charge in [0, 0.05) is 50.1 Å². The van der Waals surface area contributed by atoms with Gasteiger partial charge in [0.05, 0.1) is 16.6 Å². The molecule has 51 heavy (non-hydrogen) atoms. The van der Waals surface area contributed by atoms with Crippen molar-refractivity contribution < 1.29 is 26.2 Å². The third-order valence-corrected chi connectivity index (χ3v) is 9.67. The fourth-order valence-electron chi connectivity index (χ4n) is 6.81. The van der Waals surface area contributed by atoms with Gasteiger partial charge in [0.25, 0.3) is 0 Å². The van der Waals surface area contributed by atoms with Crippen LogP contribution in [0.15, 0.2) is 128 Å². The van der Waals surface area contributed by atoms with E-state index in [2.05, 4.69) is 155 Å². The second-order valence-electron chi connectivity index (χ2n) is 15.3. The number of imidazole rings is 1. The number of aromatic nitrogens is 3. The maximum absolute atomic E-state index is 12.2. The van der Waals surface area contributed by atoms with Crippen LogP contribution in [-0.4, -0.2) is 19.6 Å². The molecule has 5 heteroatoms. The van der Waals surface area contributed by atoms with E-state index in [4.69, 9.17) is 4.98 Å². The van der Waals surface area contributed by atoms with Gasteiger partial charge in [0.15, 0.2) is 0 Å². The molecule has 260 valence electrons. The Morgan fingerprint density at radius 3 is 2.00 bits per heavy atom. The summed E-state index contributed by atoms with van der Waals surface area (Å²) < 4.78 is 2.25. The molecule has 0 fully saturated rings. The van der Waals surface area contributed by atoms with Crippen molar-refractivity contribution in [3.8, 4) is 45.2 Å². The fraction of sp³-hybridized carbons (Fsp3) is 0.217. The predicted octanol–water partition coefficient (Wildman–Crippen LogP) is 11.7. The molecule has 0 saturated heterocycles. The van der Waals surface area contributed by atoms with Gasteiger partial charge < -0.3 is 5.11 Å². The van der Waals surface area contributed by atoms with Crippen molar-refractivity contribution in [1.82, 2.24) is 14.5 Å². The van der Waals surface area contributed by atoms with Crippen LogP contribution in [0.5, 0.6) is 5.75 Å². The first-order valence-electron chi connectivity index (χ1n) is 17.4. The van der Waals surface area contributed by atoms with Crippen molar-refractivity contribution in [3.63, 3.8) is 0 Å². The second-order valence-corrected chi connectivity index (χ2v) is 15.3. The van der Waals surface area contributed by atoms with Crippen LogP contribution in [0.4, 0.5) is 0 Å². The molecular formula is C46H44N3OPt-. The maximum atomic E-state index is 12.2. The molecule has 1 atom stereocenters. The molecular weight excluding hydrogens is 806 g/mol. The molecule has 0 aliphatic heterocycles. The predicted molar refractivity (Wildman–Crippen MR) is 207 cm³/mol. The van der Waals surface area contributed by atoms with E-state index in [0.717, 1.165) is 61.4 Å². The van der Waals surface area contributed by atoms with Crippen molar-refractivity contribution in [2.24, 2.45) is 0 Å². The molecule has 0 spiro atoms. The van der Waals surface area contributed by atoms with Gasteiger partial charge in [-0.1, -0.05) is 138 Å². The van der Waals surface area contributed by atoms with Gasteiger partial charge >= 0.3 is 0 Å². The van der Waals surface area contributed by atoms with E-state index in [1.165, 1.54) is 5.56 Å². The van der Waals surface area contributed by atoms with Crippen LogP contribution >= 0.6 is 0 Å². The number of para-hydroxylation sites is 1. The molecule has 0 bridgehead atoms. The third kappa shape index (κ3) is 6.95. The standard InChI is InChI=1S/C46H44N3O.Pt/c1-30(31-17-10-8-11-18-31)36-24-25-37(32-19-16-20-33(27-32)40-23-14-15-26-47-40)41-42(36)49(35-21-12-9-13-22-35)44(48-41)38-28-34(45(2,3)4)29-39(43(38)50)46(5,6)7;/h8-26,28-30,50H,1-7H3;/q-1;. The average molecular weight is 850 g/mol. The van der Waals surface area contributed by atoms with Crippen LogP contribution in [0.25, 0.3) is 50.5 Å². The van der Waals surface area contributed by atoms with Gasteiger partial charge in [0.2, 0.25) is 0 Å². The molecule has 2 heterocycles. The van der Waals surface area contributed by atoms with Crippen LogP contribution < -0.4 is 0 Å². The van der Waals surface area contributed by atoms with E-state index in [-0.39, 0.29) is 43.6 Å². The van der Waals surface area contributed by atoms with E-state index in [0.29, 0.717) is 5.82 Å². The number of aromatic hydroxyl groups is 1. The number of pyridine rings is 1. The minimum Gasteiger partial charge on any atom is -0.507 e. The summed E-state index contributed by atoms with van der Waals surface area (Å²) in [5.74, 6) is 1.04. The van der Waals surface area contributed by atoms with Crippen LogP contribution in [0.2, 0.25) is 0 Å². The van der Waals surface area contributed by atoms with Crippen molar-refractivity contribution in [1.29, 1.82) is 0 Å². The first-order valence-corrected chi connectivity index (χ1v) is 17.4. The van der Waals surface area contributed by atoms with Gasteiger partial charge in [-0.25, -0.2) is 4.98 Å². The molecule has 0 radical (unpaired) electrons. The van der Waals surface area contributed by atoms with Crippen LogP contribution in [0.1, 0.15) is 76.6 Å². The summed E-state index contributed by atoms with van der Waals surface area (Å²) in [6.45, 7) is 15.4. The van der Waals surface area contributed by atoms with E-state index < -0.39 is 0 Å². The molecule has 1 N–H and O–H groups in total. The number of nitrogens with zero attached hydrogens (tertiary/aromatic N) is 3. The Morgan fingerprint density at radius 2 is 1.35 bits per heavy atom. The molecule has 7 aromatic rings. The zero-order valence-electron chi connectivity index (χ0n) is 30.3. The number of hydrogen-bond acceptors (Lipinski definition) is 3. The van der Waals surface area contributed by atoms with Gasteiger partial charge in [-0.2, -0.15) is 0 Å². The number of phenols is 1. The summed E-state index contributed by atoms with van der Waals surface area (Å²) in [6, 6.07) is 45.6. The zero-order valence-corrected chi connectivity index (χ0v) is 32.6. The molecule has 1 unspecified atom stereocenters. The molecule has 7 rings (SSSR count). The smallest absolute Gasteiger partial charge is 0.148 e. The summed E-state index contributed by atoms with van der Waals surface area (Å²) in [5, 5.41) is 12.2. The zero-order chi connectivity index (χ0) is 35.2. The van der Waals surface area contributed by atoms with E-state index in [1.807, 2.05) is 36.5 Å². The Hall–Kier alpha value is -4.79. The normalized spacial score (nSPS) is 12.5. The Balaban J connectivity index is 0.00000448. The molecule has 0 aliphatic carbocycles. The van der Waals surface area contributed by atoms with Crippen LogP contribution in [-0.2, 0) is 31.9 Å². The first kappa shape index (κ1) is 36.0. The number of rotatable bonds is 6. The third-order valence-electron chi connectivity index (χ3n) is 9.67. The number of hydrogen-bond donors (Lipinski definition) is 1. The van der Waals surface area contributed by atoms with E-state index in [1.54, 1.807) is 0 Å². The summed E-state index contributed by atoms with van der Waals surface area (Å²) >= 11 is 0. The Morgan fingerprint density at radius 1 is 0.686 bits per heavy atom. The Labute approximate surface area is 316 Å². The van der Waals surface area contributed by atoms with E-state index in [9.17, 15) is 5.11 Å². The molecule has 0 aliphatic rings. The molecule has 2 aromatic heterocycles. The topological polar surface area (TPSA) is 50.9 Å². The Bertz CT molecular complexity index is 2300. The average Bonchev–Trinajstić information content (AvgIpc) is 3.52. The quantitative estimate of drug-likeness (QED) is 0.170. The largest absolute Gasteiger partial charge is 0.507 e. The number of phenolic OH excluding ortho intramolecular Hbond substituents is 1. The van der Waals surface area contributed by atoms with Crippen molar-refractivity contribution in [3.05, 3.63) is 156 Å². The maximum Gasteiger partial charge on any atom is 0.148 e. The molecule has 5 aromatic carbocycles. The van der Waals surface area contributed by atoms with Gasteiger partial charge in [-0.15, -0.1) is 29.8 Å². The van der Waals surface area contributed by atoms with Gasteiger partial charge in [-0.3, -0.25) is 9.55 Å². The Kier molecular flexibility index (Phi) is 9.94. The summed E-state index contributed by atoms with van der Waals surface area (Å²) in [5.41, 5.74) is 11.3. The van der Waals surface area contributed by atoms with Crippen LogP contribution in [0.3, 0.4) is 0 Å². The summed E-state index contributed by atoms with van der Waals surface area (Å²) in [7, 11) is 0. The number of fused-ring (bicyclic) bond motifs is 1. The minimum absolute atomic E-state index is 0. The van der Waals surface area contributed by atoms with Crippen LogP contribution in [0, 0.1) is 6.07 Å². The van der Waals surface area contributed by atoms with Crippen molar-refractivity contribution in [2.45, 2.75) is 65.2 Å². The first-order chi connectivity index (χ1) is 23.9. The molecule has 0 saturated carbocycles. The SMILES string of the molecule is CC(c1ccccc1)c1ccc(-c2[c-]c(-c3ccccn3)ccc2)c2nc(-c3cc(C(C)(C)C)cc(C(C)(C)C)c3O)n(-c3ccccc3)c12.[Pt]. The summed E-state index contributed by atoms with van der Waals surface area (Å²) in [4.78, 5) is 10.2. The fourth-order valence-corrected chi connectivity index (χ4v) is 6.81. The molecule has 4 nitrogen and oxygen atoms in total. The van der Waals surface area contributed by atoms with Crippen molar-refractivity contribution in [2.75, 3.05) is 0 Å². The van der Waals surface area contributed by atoms with Gasteiger partial charge in [-0.05, 0) is 51.8 Å². The monoisotopic (exact) mass is 849 g/mol. The molecule has 0 amide bonds.